The number of ether oxygens (including phenoxy) is 1. The normalized spacial score (nSPS) is 10.6. The van der Waals surface area contributed by atoms with Crippen LogP contribution in [0.3, 0.4) is 0 Å². The lowest BCUT2D eigenvalue weighted by Crippen LogP contribution is -2.15. The molecular weight excluding hydrogens is 248 g/mol. The molecule has 0 atom stereocenters. The second kappa shape index (κ2) is 6.42. The Morgan fingerprint density at radius 1 is 1.39 bits per heavy atom. The Morgan fingerprint density at radius 2 is 2.28 bits per heavy atom. The number of nitrogens with one attached hydrogen (secondary N) is 1. The average molecular weight is 264 g/mol. The van der Waals surface area contributed by atoms with E-state index in [4.69, 9.17) is 4.74 Å². The van der Waals surface area contributed by atoms with Gasteiger partial charge < -0.3 is 10.1 Å². The third-order valence-electron chi connectivity index (χ3n) is 2.47. The molecule has 96 valence electrons. The van der Waals surface area contributed by atoms with Crippen molar-refractivity contribution in [1.82, 2.24) is 20.5 Å². The molecule has 0 aliphatic heterocycles. The molecule has 0 unspecified atom stereocenters. The maximum absolute atomic E-state index is 5.27. The highest BCUT2D eigenvalue weighted by Crippen LogP contribution is 2.30. The van der Waals surface area contributed by atoms with E-state index in [9.17, 15) is 0 Å². The molecule has 5 nitrogen and oxygen atoms in total. The highest BCUT2D eigenvalue weighted by atomic mass is 32.1. The summed E-state index contributed by atoms with van der Waals surface area (Å²) in [6.45, 7) is 4.00. The molecule has 0 radical (unpaired) electrons. The van der Waals surface area contributed by atoms with Crippen molar-refractivity contribution in [2.75, 3.05) is 20.2 Å². The molecule has 18 heavy (non-hydrogen) atoms. The van der Waals surface area contributed by atoms with E-state index in [1.165, 1.54) is 0 Å². The first-order valence-electron chi connectivity index (χ1n) is 5.86. The topological polar surface area (TPSA) is 59.9 Å². The first kappa shape index (κ1) is 12.9. The van der Waals surface area contributed by atoms with Gasteiger partial charge in [0.25, 0.3) is 0 Å². The van der Waals surface area contributed by atoms with Gasteiger partial charge in [0.15, 0.2) is 5.01 Å². The van der Waals surface area contributed by atoms with Gasteiger partial charge in [-0.15, -0.1) is 10.2 Å². The standard InChI is InChI=1S/C12H16N4OS/c1-3-13-7-5-11-15-16-12(18-11)9-4-6-14-8-10(9)17-2/h4,6,8,13H,3,5,7H2,1-2H3. The monoisotopic (exact) mass is 264 g/mol. The summed E-state index contributed by atoms with van der Waals surface area (Å²) in [5.74, 6) is 0.729. The first-order chi connectivity index (χ1) is 8.85. The lowest BCUT2D eigenvalue weighted by atomic mass is 10.2. The van der Waals surface area contributed by atoms with Crippen LogP contribution >= 0.6 is 11.3 Å². The number of pyridine rings is 1. The van der Waals surface area contributed by atoms with E-state index in [1.54, 1.807) is 30.8 Å². The minimum atomic E-state index is 0.729. The van der Waals surface area contributed by atoms with Crippen molar-refractivity contribution in [3.63, 3.8) is 0 Å². The van der Waals surface area contributed by atoms with Crippen LogP contribution in [0.4, 0.5) is 0 Å². The summed E-state index contributed by atoms with van der Waals surface area (Å²) in [4.78, 5) is 4.03. The van der Waals surface area contributed by atoms with E-state index in [0.29, 0.717) is 0 Å². The molecule has 0 saturated carbocycles. The van der Waals surface area contributed by atoms with E-state index in [-0.39, 0.29) is 0 Å². The summed E-state index contributed by atoms with van der Waals surface area (Å²) in [6, 6.07) is 1.90. The van der Waals surface area contributed by atoms with Crippen LogP contribution in [0.2, 0.25) is 0 Å². The molecule has 1 N–H and O–H groups in total. The fraction of sp³-hybridized carbons (Fsp3) is 0.417. The number of aromatic nitrogens is 3. The molecule has 2 rings (SSSR count). The molecular formula is C12H16N4OS. The smallest absolute Gasteiger partial charge is 0.151 e. The molecule has 0 aliphatic carbocycles. The summed E-state index contributed by atoms with van der Waals surface area (Å²) in [7, 11) is 1.63. The molecule has 6 heteroatoms. The number of likely N-dealkylation sites (N-methyl/N-ethyl adjacent to an activating group) is 1. The highest BCUT2D eigenvalue weighted by Gasteiger charge is 2.11. The summed E-state index contributed by atoms with van der Waals surface area (Å²) in [5, 5.41) is 13.6. The van der Waals surface area contributed by atoms with Gasteiger partial charge in [-0.1, -0.05) is 18.3 Å². The predicted molar refractivity (Wildman–Crippen MR) is 71.9 cm³/mol. The number of rotatable bonds is 6. The van der Waals surface area contributed by atoms with Gasteiger partial charge in [-0.2, -0.15) is 0 Å². The van der Waals surface area contributed by atoms with Crippen molar-refractivity contribution in [2.45, 2.75) is 13.3 Å². The third-order valence-corrected chi connectivity index (χ3v) is 3.48. The molecule has 0 aromatic carbocycles. The lowest BCUT2D eigenvalue weighted by Gasteiger charge is -2.03. The van der Waals surface area contributed by atoms with Crippen LogP contribution in [0.15, 0.2) is 18.5 Å². The molecule has 2 aromatic rings. The van der Waals surface area contributed by atoms with Gasteiger partial charge in [-0.25, -0.2) is 0 Å². The summed E-state index contributed by atoms with van der Waals surface area (Å²) >= 11 is 1.60. The number of methoxy groups -OCH3 is 1. The van der Waals surface area contributed by atoms with Crippen LogP contribution in [-0.2, 0) is 6.42 Å². The quantitative estimate of drug-likeness (QED) is 0.806. The Balaban J connectivity index is 2.13. The predicted octanol–water partition coefficient (Wildman–Crippen LogP) is 1.76. The average Bonchev–Trinajstić information content (AvgIpc) is 2.88. The molecule has 0 fully saturated rings. The van der Waals surface area contributed by atoms with Crippen molar-refractivity contribution >= 4 is 11.3 Å². The van der Waals surface area contributed by atoms with E-state index >= 15 is 0 Å². The Hall–Kier alpha value is -1.53. The van der Waals surface area contributed by atoms with Gasteiger partial charge in [0, 0.05) is 19.2 Å². The number of hydrogen-bond donors (Lipinski definition) is 1. The number of nitrogens with zero attached hydrogens (tertiary/aromatic N) is 3. The summed E-state index contributed by atoms with van der Waals surface area (Å²) in [6.07, 6.45) is 4.32. The van der Waals surface area contributed by atoms with Crippen LogP contribution in [0.1, 0.15) is 11.9 Å². The molecule has 0 amide bonds. The first-order valence-corrected chi connectivity index (χ1v) is 6.68. The van der Waals surface area contributed by atoms with Gasteiger partial charge in [-0.3, -0.25) is 4.98 Å². The van der Waals surface area contributed by atoms with Gasteiger partial charge in [-0.05, 0) is 12.6 Å². The Morgan fingerprint density at radius 3 is 3.06 bits per heavy atom. The van der Waals surface area contributed by atoms with E-state index in [2.05, 4.69) is 27.4 Å². The van der Waals surface area contributed by atoms with Crippen LogP contribution in [0.25, 0.3) is 10.6 Å². The molecule has 0 bridgehead atoms. The molecule has 2 heterocycles. The fourth-order valence-corrected chi connectivity index (χ4v) is 2.42. The van der Waals surface area contributed by atoms with E-state index in [0.717, 1.165) is 40.8 Å². The minimum absolute atomic E-state index is 0.729. The van der Waals surface area contributed by atoms with Crippen LogP contribution < -0.4 is 10.1 Å². The highest BCUT2D eigenvalue weighted by molar-refractivity contribution is 7.14. The van der Waals surface area contributed by atoms with Crippen LogP contribution in [0, 0.1) is 0 Å². The Labute approximate surface area is 110 Å². The summed E-state index contributed by atoms with van der Waals surface area (Å²) in [5.41, 5.74) is 0.944. The zero-order valence-corrected chi connectivity index (χ0v) is 11.3. The second-order valence-corrected chi connectivity index (χ2v) is 4.74. The molecule has 0 aliphatic rings. The molecule has 0 saturated heterocycles. The van der Waals surface area contributed by atoms with Crippen molar-refractivity contribution < 1.29 is 4.74 Å². The minimum Gasteiger partial charge on any atom is -0.494 e. The van der Waals surface area contributed by atoms with Crippen LogP contribution in [0.5, 0.6) is 5.75 Å². The van der Waals surface area contributed by atoms with Crippen molar-refractivity contribution in [2.24, 2.45) is 0 Å². The zero-order chi connectivity index (χ0) is 12.8. The largest absolute Gasteiger partial charge is 0.494 e. The van der Waals surface area contributed by atoms with Crippen molar-refractivity contribution in [3.05, 3.63) is 23.5 Å². The van der Waals surface area contributed by atoms with Crippen molar-refractivity contribution in [1.29, 1.82) is 0 Å². The molecule has 0 spiro atoms. The zero-order valence-electron chi connectivity index (χ0n) is 10.5. The van der Waals surface area contributed by atoms with E-state index < -0.39 is 0 Å². The van der Waals surface area contributed by atoms with Gasteiger partial charge in [0.2, 0.25) is 0 Å². The SMILES string of the molecule is CCNCCc1nnc(-c2ccncc2OC)s1. The van der Waals surface area contributed by atoms with Gasteiger partial charge in [0.05, 0.1) is 18.9 Å². The van der Waals surface area contributed by atoms with Gasteiger partial charge >= 0.3 is 0 Å². The Kier molecular flexibility index (Phi) is 4.60. The van der Waals surface area contributed by atoms with Crippen LogP contribution in [-0.4, -0.2) is 35.4 Å². The maximum Gasteiger partial charge on any atom is 0.151 e. The lowest BCUT2D eigenvalue weighted by molar-refractivity contribution is 0.414. The fourth-order valence-electron chi connectivity index (χ4n) is 1.55. The third kappa shape index (κ3) is 3.02. The van der Waals surface area contributed by atoms with Crippen molar-refractivity contribution in [3.8, 4) is 16.3 Å². The van der Waals surface area contributed by atoms with E-state index in [1.807, 2.05) is 6.07 Å². The number of hydrogen-bond acceptors (Lipinski definition) is 6. The Bertz CT molecular complexity index is 500. The maximum atomic E-state index is 5.27. The van der Waals surface area contributed by atoms with Gasteiger partial charge in [0.1, 0.15) is 10.8 Å². The molecule has 2 aromatic heterocycles. The summed E-state index contributed by atoms with van der Waals surface area (Å²) < 4.78 is 5.27. The second-order valence-electron chi connectivity index (χ2n) is 3.68.